The van der Waals surface area contributed by atoms with Crippen LogP contribution in [0.15, 0.2) is 48.6 Å². The van der Waals surface area contributed by atoms with Gasteiger partial charge < -0.3 is 54.8 Å². The molecule has 1 rings (SSSR count). The Labute approximate surface area is 398 Å². The molecule has 0 aromatic carbocycles. The summed E-state index contributed by atoms with van der Waals surface area (Å²) in [7, 11) is -10.8. The third kappa shape index (κ3) is 31.7. The lowest BCUT2D eigenvalue weighted by molar-refractivity contribution is -0.216. The zero-order chi connectivity index (χ0) is 49.9. The van der Waals surface area contributed by atoms with Crippen LogP contribution in [0.3, 0.4) is 0 Å². The summed E-state index contributed by atoms with van der Waals surface area (Å²) < 4.78 is 49.2. The van der Waals surface area contributed by atoms with E-state index < -0.39 is 95.7 Å². The number of carbonyl (C=O) groups excluding carboxylic acids is 2. The van der Waals surface area contributed by atoms with Gasteiger partial charge in [0.1, 0.15) is 43.2 Å². The Kier molecular flexibility index (Phi) is 35.4. The molecule has 0 bridgehead atoms. The van der Waals surface area contributed by atoms with Gasteiger partial charge >= 0.3 is 27.6 Å². The summed E-state index contributed by atoms with van der Waals surface area (Å²) in [6, 6.07) is 0. The third-order valence-corrected chi connectivity index (χ3v) is 12.6. The number of esters is 2. The van der Waals surface area contributed by atoms with Gasteiger partial charge in [0.05, 0.1) is 18.8 Å². The van der Waals surface area contributed by atoms with Crippen molar-refractivity contribution in [3.63, 3.8) is 0 Å². The maximum absolute atomic E-state index is 13.0. The molecule has 0 amide bonds. The monoisotopic (exact) mass is 999 g/mol. The van der Waals surface area contributed by atoms with E-state index in [1.807, 2.05) is 12.2 Å². The first kappa shape index (κ1) is 62.9. The minimum atomic E-state index is -5.40. The highest BCUT2D eigenvalue weighted by atomic mass is 31.2. The molecule has 0 saturated heterocycles. The van der Waals surface area contributed by atoms with Gasteiger partial charge in [-0.15, -0.1) is 0 Å². The lowest BCUT2D eigenvalue weighted by Crippen LogP contribution is -2.64. The van der Waals surface area contributed by atoms with Crippen molar-refractivity contribution < 1.29 is 87.1 Å². The number of rotatable bonds is 40. The SMILES string of the molecule is CCCCC/C=C\C/C=C\C/C=C\CC(O)C(O)CCCC(=O)O[C@H](COC(=O)CCCCCCCCC/C=C\CCCCCC)COP(=O)(O)O[C@H]1C(O)C(O)C(O)[C@@H](OP(=O)(O)O)C1O. The molecule has 67 heavy (non-hydrogen) atoms. The minimum Gasteiger partial charge on any atom is -0.462 e. The van der Waals surface area contributed by atoms with Crippen LogP contribution >= 0.6 is 15.6 Å². The molecule has 390 valence electrons. The largest absolute Gasteiger partial charge is 0.472 e. The van der Waals surface area contributed by atoms with Crippen molar-refractivity contribution in [2.24, 2.45) is 0 Å². The van der Waals surface area contributed by atoms with Crippen LogP contribution in [0, 0.1) is 0 Å². The van der Waals surface area contributed by atoms with E-state index in [4.69, 9.17) is 18.5 Å². The molecule has 1 aliphatic carbocycles. The summed E-state index contributed by atoms with van der Waals surface area (Å²) >= 11 is 0. The molecule has 0 aromatic heterocycles. The van der Waals surface area contributed by atoms with Crippen molar-refractivity contribution in [3.05, 3.63) is 48.6 Å². The Hall–Kier alpha value is -2.12. The minimum absolute atomic E-state index is 0.0281. The van der Waals surface area contributed by atoms with E-state index in [0.717, 1.165) is 64.2 Å². The normalized spacial score (nSPS) is 22.7. The highest BCUT2D eigenvalue weighted by Crippen LogP contribution is 2.49. The van der Waals surface area contributed by atoms with Crippen LogP contribution < -0.4 is 0 Å². The van der Waals surface area contributed by atoms with Crippen LogP contribution in [-0.4, -0.2) is 125 Å². The standard InChI is InChI=1S/C47H84O18P2/c1-3-5-7-9-11-13-15-17-18-19-21-23-25-27-29-33-40(50)61-35-37(36-62-67(59,60)65-47-44(54)42(52)43(53)46(45(47)55)64-66(56,57)58)63-41(51)34-30-32-39(49)38(48)31-28-26-24-22-20-16-14-12-10-8-6-4-2/h12-15,20,22,26,28,37-39,42-49,52-55H,3-11,16-19,21,23-25,27,29-36H2,1-2H3,(H,59,60)(H2,56,57,58)/b14-12-,15-13-,22-20-,28-26-/t37-,38?,39?,42?,43?,44?,45?,46-,47+/m1/s1. The molecule has 1 aliphatic rings. The smallest absolute Gasteiger partial charge is 0.462 e. The van der Waals surface area contributed by atoms with E-state index in [-0.39, 0.29) is 32.1 Å². The molecular weight excluding hydrogens is 914 g/mol. The summed E-state index contributed by atoms with van der Waals surface area (Å²) in [6.45, 7) is 2.82. The molecule has 9 N–H and O–H groups in total. The first-order chi connectivity index (χ1) is 31.9. The topological polar surface area (TPSA) is 296 Å². The van der Waals surface area contributed by atoms with E-state index in [1.54, 1.807) is 6.08 Å². The number of allylic oxidation sites excluding steroid dienone is 7. The second-order valence-electron chi connectivity index (χ2n) is 17.1. The molecule has 0 spiro atoms. The predicted octanol–water partition coefficient (Wildman–Crippen LogP) is 7.23. The lowest BCUT2D eigenvalue weighted by Gasteiger charge is -2.43. The van der Waals surface area contributed by atoms with Crippen LogP contribution in [0.5, 0.6) is 0 Å². The molecule has 10 atom stereocenters. The Balaban J connectivity index is 2.70. The van der Waals surface area contributed by atoms with Gasteiger partial charge in [0.25, 0.3) is 0 Å². The van der Waals surface area contributed by atoms with Gasteiger partial charge in [-0.3, -0.25) is 23.2 Å². The Morgan fingerprint density at radius 1 is 0.537 bits per heavy atom. The molecule has 0 aliphatic heterocycles. The molecule has 7 unspecified atom stereocenters. The number of unbranched alkanes of at least 4 members (excludes halogenated alkanes) is 14. The third-order valence-electron chi connectivity index (χ3n) is 11.1. The fourth-order valence-corrected chi connectivity index (χ4v) is 8.66. The van der Waals surface area contributed by atoms with Crippen molar-refractivity contribution in [2.45, 2.75) is 223 Å². The fraction of sp³-hybridized carbons (Fsp3) is 0.787. The number of hydrogen-bond acceptors (Lipinski definition) is 15. The van der Waals surface area contributed by atoms with Crippen LogP contribution in [-0.2, 0) is 41.8 Å². The van der Waals surface area contributed by atoms with Crippen LogP contribution in [0.25, 0.3) is 0 Å². The number of hydrogen-bond donors (Lipinski definition) is 9. The molecule has 0 heterocycles. The number of aliphatic hydroxyl groups excluding tert-OH is 6. The van der Waals surface area contributed by atoms with E-state index in [0.29, 0.717) is 12.8 Å². The van der Waals surface area contributed by atoms with Gasteiger partial charge in [0.2, 0.25) is 0 Å². The summed E-state index contributed by atoms with van der Waals surface area (Å²) in [4.78, 5) is 54.4. The van der Waals surface area contributed by atoms with Gasteiger partial charge in [0.15, 0.2) is 6.10 Å². The Bertz CT molecular complexity index is 1520. The van der Waals surface area contributed by atoms with Crippen molar-refractivity contribution in [1.82, 2.24) is 0 Å². The Morgan fingerprint density at radius 2 is 1.01 bits per heavy atom. The second-order valence-corrected chi connectivity index (χ2v) is 19.7. The van der Waals surface area contributed by atoms with Crippen molar-refractivity contribution in [3.8, 4) is 0 Å². The summed E-state index contributed by atoms with van der Waals surface area (Å²) in [5.41, 5.74) is 0. The first-order valence-electron chi connectivity index (χ1n) is 24.3. The van der Waals surface area contributed by atoms with Gasteiger partial charge in [0, 0.05) is 12.8 Å². The quantitative estimate of drug-likeness (QED) is 0.0127. The average molecular weight is 999 g/mol. The number of carbonyl (C=O) groups is 2. The van der Waals surface area contributed by atoms with Crippen LogP contribution in [0.2, 0.25) is 0 Å². The van der Waals surface area contributed by atoms with Crippen molar-refractivity contribution in [1.29, 1.82) is 0 Å². The van der Waals surface area contributed by atoms with Crippen LogP contribution in [0.1, 0.15) is 168 Å². The first-order valence-corrected chi connectivity index (χ1v) is 27.4. The summed E-state index contributed by atoms with van der Waals surface area (Å²) in [6.07, 6.45) is 19.3. The van der Waals surface area contributed by atoms with Crippen molar-refractivity contribution >= 4 is 27.6 Å². The maximum Gasteiger partial charge on any atom is 0.472 e. The zero-order valence-corrected chi connectivity index (χ0v) is 41.6. The molecular formula is C47H84O18P2. The zero-order valence-electron chi connectivity index (χ0n) is 39.8. The Morgan fingerprint density at radius 3 is 1.61 bits per heavy atom. The molecule has 1 saturated carbocycles. The maximum atomic E-state index is 13.0. The number of phosphoric ester groups is 2. The van der Waals surface area contributed by atoms with Crippen molar-refractivity contribution in [2.75, 3.05) is 13.2 Å². The lowest BCUT2D eigenvalue weighted by atomic mass is 9.85. The van der Waals surface area contributed by atoms with E-state index in [1.165, 1.54) is 44.9 Å². The second kappa shape index (κ2) is 37.7. The van der Waals surface area contributed by atoms with Gasteiger partial charge in [-0.05, 0) is 77.0 Å². The number of aliphatic hydroxyl groups is 6. The number of ether oxygens (including phenoxy) is 2. The highest BCUT2D eigenvalue weighted by Gasteiger charge is 2.54. The average Bonchev–Trinajstić information content (AvgIpc) is 3.28. The summed E-state index contributed by atoms with van der Waals surface area (Å²) in [5.74, 6) is -1.50. The van der Waals surface area contributed by atoms with Gasteiger partial charge in [-0.25, -0.2) is 9.13 Å². The molecule has 18 nitrogen and oxygen atoms in total. The van der Waals surface area contributed by atoms with E-state index in [9.17, 15) is 64.0 Å². The molecule has 0 radical (unpaired) electrons. The fourth-order valence-electron chi connectivity index (χ4n) is 7.12. The predicted molar refractivity (Wildman–Crippen MR) is 253 cm³/mol. The highest BCUT2D eigenvalue weighted by molar-refractivity contribution is 7.47. The van der Waals surface area contributed by atoms with Gasteiger partial charge in [-0.2, -0.15) is 0 Å². The molecule has 20 heteroatoms. The number of phosphoric acid groups is 2. The molecule has 0 aromatic rings. The summed E-state index contributed by atoms with van der Waals surface area (Å²) in [5, 5.41) is 62.1. The van der Waals surface area contributed by atoms with Crippen LogP contribution in [0.4, 0.5) is 0 Å². The van der Waals surface area contributed by atoms with E-state index >= 15 is 0 Å². The van der Waals surface area contributed by atoms with E-state index in [2.05, 4.69) is 48.8 Å². The molecule has 1 fully saturated rings. The van der Waals surface area contributed by atoms with Gasteiger partial charge in [-0.1, -0.05) is 127 Å².